The van der Waals surface area contributed by atoms with E-state index in [0.29, 0.717) is 0 Å². The molecule has 0 N–H and O–H groups in total. The summed E-state index contributed by atoms with van der Waals surface area (Å²) in [5.41, 5.74) is 9.84. The first-order chi connectivity index (χ1) is 16.1. The molecule has 1 nitrogen and oxygen atoms in total. The first-order valence-electron chi connectivity index (χ1n) is 11.9. The highest BCUT2D eigenvalue weighted by molar-refractivity contribution is 5.71. The maximum atomic E-state index is 4.44. The van der Waals surface area contributed by atoms with Gasteiger partial charge in [0.05, 0.1) is 0 Å². The molecule has 0 spiro atoms. The monoisotopic (exact) mass is 431 g/mol. The first-order valence-corrected chi connectivity index (χ1v) is 11.9. The molecule has 0 bridgehead atoms. The van der Waals surface area contributed by atoms with Crippen LogP contribution in [0, 0.1) is 6.92 Å². The topological polar surface area (TPSA) is 3.24 Å². The van der Waals surface area contributed by atoms with Crippen molar-refractivity contribution in [3.63, 3.8) is 0 Å². The van der Waals surface area contributed by atoms with E-state index in [-0.39, 0.29) is 0 Å². The average molecular weight is 432 g/mol. The van der Waals surface area contributed by atoms with Gasteiger partial charge >= 0.3 is 0 Å². The van der Waals surface area contributed by atoms with Crippen LogP contribution < -0.4 is 4.90 Å². The van der Waals surface area contributed by atoms with Crippen molar-refractivity contribution in [1.29, 1.82) is 0 Å². The Morgan fingerprint density at radius 1 is 0.788 bits per heavy atom. The Bertz CT molecular complexity index is 1180. The van der Waals surface area contributed by atoms with Crippen LogP contribution >= 0.6 is 0 Å². The van der Waals surface area contributed by atoms with E-state index in [4.69, 9.17) is 0 Å². The fraction of sp³-hybridized carbons (Fsp3) is 0.188. The Kier molecular flexibility index (Phi) is 7.42. The van der Waals surface area contributed by atoms with Gasteiger partial charge in [-0.1, -0.05) is 85.0 Å². The quantitative estimate of drug-likeness (QED) is 0.338. The van der Waals surface area contributed by atoms with Gasteiger partial charge in [-0.05, 0) is 92.1 Å². The van der Waals surface area contributed by atoms with E-state index in [0.717, 1.165) is 17.0 Å². The van der Waals surface area contributed by atoms with Gasteiger partial charge in [-0.15, -0.1) is 0 Å². The number of hydrogen-bond donors (Lipinski definition) is 0. The number of benzene rings is 3. The molecule has 3 aromatic rings. The minimum absolute atomic E-state index is 0.944. The molecule has 33 heavy (non-hydrogen) atoms. The third-order valence-electron chi connectivity index (χ3n) is 6.24. The molecular formula is C32H33N. The maximum absolute atomic E-state index is 4.44. The van der Waals surface area contributed by atoms with E-state index in [1.54, 1.807) is 0 Å². The summed E-state index contributed by atoms with van der Waals surface area (Å²) in [6, 6.07) is 26.0. The second-order valence-corrected chi connectivity index (χ2v) is 8.69. The van der Waals surface area contributed by atoms with E-state index < -0.39 is 0 Å². The van der Waals surface area contributed by atoms with E-state index in [9.17, 15) is 0 Å². The van der Waals surface area contributed by atoms with Gasteiger partial charge in [-0.2, -0.15) is 0 Å². The molecular weight excluding hydrogens is 398 g/mol. The number of allylic oxidation sites excluding steroid dienone is 5. The van der Waals surface area contributed by atoms with Crippen molar-refractivity contribution in [1.82, 2.24) is 0 Å². The summed E-state index contributed by atoms with van der Waals surface area (Å²) in [5.74, 6) is 0. The molecule has 1 aliphatic carbocycles. The van der Waals surface area contributed by atoms with Crippen LogP contribution in [0.3, 0.4) is 0 Å². The molecule has 0 amide bonds. The predicted octanol–water partition coefficient (Wildman–Crippen LogP) is 8.74. The SMILES string of the molecule is C=C(/C=C\C(C=Cc1ccc(C)cc1)=C/C)N(c1ccccc1)c1ccc2c(c1)CCCC2. The van der Waals surface area contributed by atoms with Crippen LogP contribution in [0.5, 0.6) is 0 Å². The lowest BCUT2D eigenvalue weighted by molar-refractivity contribution is 0.685. The summed E-state index contributed by atoms with van der Waals surface area (Å²) < 4.78 is 0. The van der Waals surface area contributed by atoms with Crippen molar-refractivity contribution in [2.24, 2.45) is 0 Å². The number of anilines is 2. The van der Waals surface area contributed by atoms with Crippen LogP contribution in [-0.2, 0) is 12.8 Å². The van der Waals surface area contributed by atoms with Gasteiger partial charge in [0.25, 0.3) is 0 Å². The van der Waals surface area contributed by atoms with E-state index in [2.05, 4.69) is 129 Å². The van der Waals surface area contributed by atoms with Crippen LogP contribution in [0.2, 0.25) is 0 Å². The Morgan fingerprint density at radius 3 is 2.24 bits per heavy atom. The normalized spacial score (nSPS) is 13.9. The zero-order valence-corrected chi connectivity index (χ0v) is 19.8. The second-order valence-electron chi connectivity index (χ2n) is 8.69. The highest BCUT2D eigenvalue weighted by Gasteiger charge is 2.15. The summed E-state index contributed by atoms with van der Waals surface area (Å²) in [6.45, 7) is 8.62. The van der Waals surface area contributed by atoms with Gasteiger partial charge in [0, 0.05) is 17.1 Å². The molecule has 0 heterocycles. The van der Waals surface area contributed by atoms with Gasteiger partial charge in [-0.25, -0.2) is 0 Å². The fourth-order valence-corrected chi connectivity index (χ4v) is 4.30. The van der Waals surface area contributed by atoms with Crippen molar-refractivity contribution in [3.05, 3.63) is 137 Å². The molecule has 1 heteroatoms. The molecule has 166 valence electrons. The van der Waals surface area contributed by atoms with Crippen molar-refractivity contribution in [3.8, 4) is 0 Å². The molecule has 0 radical (unpaired) electrons. The summed E-state index contributed by atoms with van der Waals surface area (Å²) in [7, 11) is 0. The molecule has 3 aromatic carbocycles. The van der Waals surface area contributed by atoms with E-state index >= 15 is 0 Å². The average Bonchev–Trinajstić information content (AvgIpc) is 2.86. The minimum Gasteiger partial charge on any atom is -0.311 e. The molecule has 0 atom stereocenters. The van der Waals surface area contributed by atoms with Gasteiger partial charge in [0.2, 0.25) is 0 Å². The van der Waals surface area contributed by atoms with Crippen LogP contribution in [0.4, 0.5) is 11.4 Å². The van der Waals surface area contributed by atoms with E-state index in [1.165, 1.54) is 53.6 Å². The highest BCUT2D eigenvalue weighted by atomic mass is 15.1. The van der Waals surface area contributed by atoms with Crippen molar-refractivity contribution in [2.75, 3.05) is 4.90 Å². The first kappa shape index (κ1) is 22.6. The number of hydrogen-bond acceptors (Lipinski definition) is 1. The summed E-state index contributed by atoms with van der Waals surface area (Å²) in [5, 5.41) is 0. The zero-order chi connectivity index (χ0) is 23.0. The summed E-state index contributed by atoms with van der Waals surface area (Å²) in [4.78, 5) is 2.25. The molecule has 1 aliphatic rings. The minimum atomic E-state index is 0.944. The molecule has 4 rings (SSSR count). The second kappa shape index (κ2) is 10.8. The smallest absolute Gasteiger partial charge is 0.0464 e. The van der Waals surface area contributed by atoms with Crippen molar-refractivity contribution < 1.29 is 0 Å². The molecule has 0 saturated carbocycles. The molecule has 0 saturated heterocycles. The van der Waals surface area contributed by atoms with Gasteiger partial charge in [0.15, 0.2) is 0 Å². The largest absolute Gasteiger partial charge is 0.311 e. The van der Waals surface area contributed by atoms with Gasteiger partial charge < -0.3 is 4.90 Å². The van der Waals surface area contributed by atoms with Gasteiger partial charge in [-0.3, -0.25) is 0 Å². The predicted molar refractivity (Wildman–Crippen MR) is 144 cm³/mol. The van der Waals surface area contributed by atoms with Crippen molar-refractivity contribution >= 4 is 17.5 Å². The standard InChI is InChI=1S/C32H33N/c1-4-27(20-21-28-17-14-25(2)15-18-28)19-16-26(3)33(31-12-6-5-7-13-31)32-23-22-29-10-8-9-11-30(29)24-32/h4-7,12-24H,3,8-11H2,1-2H3/b19-16-,21-20?,27-4+. The van der Waals surface area contributed by atoms with Crippen LogP contribution in [-0.4, -0.2) is 0 Å². The third kappa shape index (κ3) is 5.81. The third-order valence-corrected chi connectivity index (χ3v) is 6.24. The lowest BCUT2D eigenvalue weighted by Crippen LogP contribution is -2.15. The van der Waals surface area contributed by atoms with Crippen LogP contribution in [0.25, 0.3) is 6.08 Å². The number of aryl methyl sites for hydroxylation is 3. The Labute approximate surface area is 199 Å². The zero-order valence-electron chi connectivity index (χ0n) is 19.8. The summed E-state index contributed by atoms with van der Waals surface area (Å²) in [6.07, 6.45) is 15.6. The molecule has 0 fully saturated rings. The highest BCUT2D eigenvalue weighted by Crippen LogP contribution is 2.33. The number of para-hydroxylation sites is 1. The molecule has 0 unspecified atom stereocenters. The Hall–Kier alpha value is -3.58. The van der Waals surface area contributed by atoms with Crippen LogP contribution in [0.15, 0.2) is 115 Å². The lowest BCUT2D eigenvalue weighted by atomic mass is 9.91. The molecule has 0 aromatic heterocycles. The number of fused-ring (bicyclic) bond motifs is 1. The Morgan fingerprint density at radius 2 is 1.52 bits per heavy atom. The van der Waals surface area contributed by atoms with Gasteiger partial charge in [0.1, 0.15) is 0 Å². The number of rotatable bonds is 7. The lowest BCUT2D eigenvalue weighted by Gasteiger charge is -2.27. The summed E-state index contributed by atoms with van der Waals surface area (Å²) >= 11 is 0. The van der Waals surface area contributed by atoms with E-state index in [1.807, 2.05) is 0 Å². The number of nitrogens with zero attached hydrogens (tertiary/aromatic N) is 1. The molecule has 0 aliphatic heterocycles. The van der Waals surface area contributed by atoms with Crippen LogP contribution in [0.1, 0.15) is 42.0 Å². The fourth-order valence-electron chi connectivity index (χ4n) is 4.30. The maximum Gasteiger partial charge on any atom is 0.0464 e. The Balaban J connectivity index is 1.59. The van der Waals surface area contributed by atoms with Crippen molar-refractivity contribution in [2.45, 2.75) is 39.5 Å².